The van der Waals surface area contributed by atoms with Crippen molar-refractivity contribution >= 4 is 15.9 Å². The van der Waals surface area contributed by atoms with E-state index in [-0.39, 0.29) is 25.5 Å². The Hall–Kier alpha value is -2.33. The minimum absolute atomic E-state index is 0.0387. The van der Waals surface area contributed by atoms with Crippen LogP contribution >= 0.6 is 0 Å². The quantitative estimate of drug-likeness (QED) is 0.786. The fourth-order valence-corrected chi connectivity index (χ4v) is 4.73. The Bertz CT molecular complexity index is 1000. The Kier molecular flexibility index (Phi) is 5.80. The van der Waals surface area contributed by atoms with Crippen LogP contribution in [0.5, 0.6) is 0 Å². The number of hydrogen-bond acceptors (Lipinski definition) is 4. The molecule has 0 atom stereocenters. The summed E-state index contributed by atoms with van der Waals surface area (Å²) < 4.78 is 56.0. The number of amides is 1. The van der Waals surface area contributed by atoms with E-state index in [0.717, 1.165) is 23.5 Å². The van der Waals surface area contributed by atoms with Gasteiger partial charge in [-0.2, -0.15) is 4.31 Å². The van der Waals surface area contributed by atoms with Crippen molar-refractivity contribution in [1.82, 2.24) is 19.2 Å². The van der Waals surface area contributed by atoms with Crippen LogP contribution in [0.25, 0.3) is 0 Å². The summed E-state index contributed by atoms with van der Waals surface area (Å²) in [4.78, 5) is 15.5. The first-order chi connectivity index (χ1) is 13.3. The maximum absolute atomic E-state index is 14.1. The van der Waals surface area contributed by atoms with E-state index < -0.39 is 26.6 Å². The van der Waals surface area contributed by atoms with Gasteiger partial charge >= 0.3 is 0 Å². The van der Waals surface area contributed by atoms with Crippen LogP contribution < -0.4 is 5.32 Å². The predicted octanol–water partition coefficient (Wildman–Crippen LogP) is 1.95. The molecule has 0 unspecified atom stereocenters. The van der Waals surface area contributed by atoms with Crippen molar-refractivity contribution in [2.45, 2.75) is 51.2 Å². The topological polar surface area (TPSA) is 84.3 Å². The number of sulfonamides is 1. The van der Waals surface area contributed by atoms with Crippen molar-refractivity contribution in [3.8, 4) is 0 Å². The lowest BCUT2D eigenvalue weighted by molar-refractivity contribution is -0.120. The van der Waals surface area contributed by atoms with Gasteiger partial charge in [-0.05, 0) is 19.1 Å². The molecule has 1 aromatic heterocycles. The van der Waals surface area contributed by atoms with Gasteiger partial charge in [-0.15, -0.1) is 0 Å². The monoisotopic (exact) mass is 412 g/mol. The van der Waals surface area contributed by atoms with Crippen molar-refractivity contribution in [2.75, 3.05) is 6.54 Å². The highest BCUT2D eigenvalue weighted by molar-refractivity contribution is 7.89. The fourth-order valence-electron chi connectivity index (χ4n) is 3.29. The molecule has 0 radical (unpaired) electrons. The van der Waals surface area contributed by atoms with Crippen molar-refractivity contribution in [3.05, 3.63) is 47.0 Å². The Balaban J connectivity index is 1.89. The maximum Gasteiger partial charge on any atom is 0.246 e. The van der Waals surface area contributed by atoms with Gasteiger partial charge < -0.3 is 9.88 Å². The first kappa shape index (κ1) is 20.4. The summed E-state index contributed by atoms with van der Waals surface area (Å²) in [6.45, 7) is 4.65. The molecule has 1 amide bonds. The molecule has 0 saturated heterocycles. The number of benzene rings is 1. The normalized spacial score (nSPS) is 14.7. The molecule has 1 aliphatic heterocycles. The zero-order valence-electron chi connectivity index (χ0n) is 15.7. The van der Waals surface area contributed by atoms with E-state index in [1.807, 2.05) is 11.5 Å². The van der Waals surface area contributed by atoms with Crippen molar-refractivity contribution in [1.29, 1.82) is 0 Å². The number of nitrogens with one attached hydrogen (secondary N) is 1. The third kappa shape index (κ3) is 3.79. The fraction of sp³-hybridized carbons (Fsp3) is 0.444. The summed E-state index contributed by atoms with van der Waals surface area (Å²) in [6, 6.07) is 2.43. The molecule has 0 fully saturated rings. The lowest BCUT2D eigenvalue weighted by Crippen LogP contribution is -2.37. The van der Waals surface area contributed by atoms with Gasteiger partial charge in [0.25, 0.3) is 0 Å². The molecule has 1 N–H and O–H groups in total. The molecule has 0 aliphatic carbocycles. The van der Waals surface area contributed by atoms with Crippen LogP contribution in [-0.2, 0) is 40.9 Å². The predicted molar refractivity (Wildman–Crippen MR) is 97.7 cm³/mol. The first-order valence-electron chi connectivity index (χ1n) is 9.07. The minimum atomic E-state index is -4.12. The lowest BCUT2D eigenvalue weighted by Gasteiger charge is -2.27. The third-order valence-electron chi connectivity index (χ3n) is 4.75. The second kappa shape index (κ2) is 7.96. The van der Waals surface area contributed by atoms with Gasteiger partial charge in [0.2, 0.25) is 15.9 Å². The largest absolute Gasteiger partial charge is 0.349 e. The summed E-state index contributed by atoms with van der Waals surface area (Å²) in [5, 5.41) is 2.77. The van der Waals surface area contributed by atoms with Crippen LogP contribution in [0.3, 0.4) is 0 Å². The first-order valence-corrected chi connectivity index (χ1v) is 10.5. The Morgan fingerprint density at radius 1 is 1.29 bits per heavy atom. The molecule has 0 bridgehead atoms. The summed E-state index contributed by atoms with van der Waals surface area (Å²) >= 11 is 0. The number of carbonyl (C=O) groups is 1. The molecule has 0 spiro atoms. The Morgan fingerprint density at radius 3 is 2.68 bits per heavy atom. The maximum atomic E-state index is 14.1. The molecule has 0 saturated carbocycles. The average Bonchev–Trinajstić information content (AvgIpc) is 3.02. The Morgan fingerprint density at radius 2 is 2.04 bits per heavy atom. The van der Waals surface area contributed by atoms with Crippen LogP contribution in [-0.4, -0.2) is 34.7 Å². The van der Waals surface area contributed by atoms with Gasteiger partial charge in [-0.3, -0.25) is 4.79 Å². The molecule has 7 nitrogen and oxygen atoms in total. The summed E-state index contributed by atoms with van der Waals surface area (Å²) in [5.41, 5.74) is 1.49. The van der Waals surface area contributed by atoms with E-state index in [1.54, 1.807) is 6.92 Å². The molecule has 152 valence electrons. The number of nitrogens with zero attached hydrogens (tertiary/aromatic N) is 3. The van der Waals surface area contributed by atoms with Crippen LogP contribution in [0.4, 0.5) is 8.78 Å². The van der Waals surface area contributed by atoms with E-state index in [2.05, 4.69) is 10.3 Å². The highest BCUT2D eigenvalue weighted by Gasteiger charge is 2.33. The second-order valence-electron chi connectivity index (χ2n) is 6.46. The molecule has 2 heterocycles. The highest BCUT2D eigenvalue weighted by atomic mass is 32.2. The minimum Gasteiger partial charge on any atom is -0.349 e. The molecular formula is C18H22F2N4O3S. The molecule has 1 aromatic carbocycles. The van der Waals surface area contributed by atoms with Crippen molar-refractivity contribution in [3.63, 3.8) is 0 Å². The summed E-state index contributed by atoms with van der Waals surface area (Å²) in [7, 11) is -4.12. The number of imidazole rings is 1. The number of aromatic nitrogens is 2. The Labute approximate surface area is 162 Å². The highest BCUT2D eigenvalue weighted by Crippen LogP contribution is 2.27. The van der Waals surface area contributed by atoms with Crippen LogP contribution in [0.1, 0.15) is 37.5 Å². The van der Waals surface area contributed by atoms with E-state index in [1.165, 1.54) is 4.31 Å². The van der Waals surface area contributed by atoms with Gasteiger partial charge in [-0.25, -0.2) is 22.2 Å². The molecule has 10 heteroatoms. The summed E-state index contributed by atoms with van der Waals surface area (Å²) in [5.74, 6) is -1.39. The number of fused-ring (bicyclic) bond motifs is 1. The van der Waals surface area contributed by atoms with Crippen molar-refractivity contribution < 1.29 is 22.0 Å². The number of halogens is 2. The lowest BCUT2D eigenvalue weighted by atomic mass is 10.2. The molecule has 2 aromatic rings. The summed E-state index contributed by atoms with van der Waals surface area (Å²) in [6.07, 6.45) is 0.737. The number of hydrogen-bond donors (Lipinski definition) is 1. The second-order valence-corrected chi connectivity index (χ2v) is 8.37. The van der Waals surface area contributed by atoms with Crippen LogP contribution in [0, 0.1) is 11.6 Å². The van der Waals surface area contributed by atoms with Gasteiger partial charge in [0.1, 0.15) is 22.4 Å². The number of carbonyl (C=O) groups excluding carboxylic acids is 1. The van der Waals surface area contributed by atoms with E-state index in [4.69, 9.17) is 0 Å². The number of rotatable bonds is 6. The standard InChI is InChI=1S/C18H22F2N4O3S/c1-3-18(25)21-10-17-22-14-7-8-23(11-15(14)24(17)4-2)28(26,27)16-6-5-12(19)9-13(16)20/h5-6,9H,3-4,7-8,10-11H2,1-2H3,(H,21,25). The zero-order chi connectivity index (χ0) is 20.5. The van der Waals surface area contributed by atoms with Crippen LogP contribution in [0.2, 0.25) is 0 Å². The molecular weight excluding hydrogens is 390 g/mol. The van der Waals surface area contributed by atoms with Gasteiger partial charge in [-0.1, -0.05) is 6.92 Å². The third-order valence-corrected chi connectivity index (χ3v) is 6.63. The van der Waals surface area contributed by atoms with Crippen LogP contribution in [0.15, 0.2) is 23.1 Å². The SMILES string of the molecule is CCC(=O)NCc1nc2c(n1CC)CN(S(=O)(=O)c1ccc(F)cc1F)CC2. The van der Waals surface area contributed by atoms with E-state index >= 15 is 0 Å². The van der Waals surface area contributed by atoms with E-state index in [9.17, 15) is 22.0 Å². The molecule has 3 rings (SSSR count). The van der Waals surface area contributed by atoms with Gasteiger partial charge in [0.05, 0.1) is 24.5 Å². The average molecular weight is 412 g/mol. The zero-order valence-corrected chi connectivity index (χ0v) is 16.5. The van der Waals surface area contributed by atoms with Gasteiger partial charge in [0, 0.05) is 32.0 Å². The van der Waals surface area contributed by atoms with Crippen molar-refractivity contribution in [2.24, 2.45) is 0 Å². The van der Waals surface area contributed by atoms with Gasteiger partial charge in [0.15, 0.2) is 0 Å². The smallest absolute Gasteiger partial charge is 0.246 e. The molecule has 1 aliphatic rings. The molecule has 28 heavy (non-hydrogen) atoms. The van der Waals surface area contributed by atoms with E-state index in [0.29, 0.717) is 31.3 Å².